The zero-order valence-electron chi connectivity index (χ0n) is 15.3. The van der Waals surface area contributed by atoms with Crippen LogP contribution in [0.4, 0.5) is 19.6 Å². The molecule has 0 saturated heterocycles. The second-order valence-electron chi connectivity index (χ2n) is 6.01. The van der Waals surface area contributed by atoms with Gasteiger partial charge in [-0.1, -0.05) is 6.07 Å². The summed E-state index contributed by atoms with van der Waals surface area (Å²) in [6.45, 7) is 1.33. The molecular formula is C19H13F2N3O5S. The zero-order valence-corrected chi connectivity index (χ0v) is 16.1. The van der Waals surface area contributed by atoms with E-state index in [4.69, 9.17) is 4.74 Å². The lowest BCUT2D eigenvalue weighted by molar-refractivity contribution is -0.384. The third-order valence-corrected chi connectivity index (χ3v) is 4.65. The zero-order chi connectivity index (χ0) is 21.8. The molecule has 3 aromatic rings. The maximum absolute atomic E-state index is 13.4. The van der Waals surface area contributed by atoms with Crippen LogP contribution in [-0.4, -0.2) is 27.9 Å². The molecule has 30 heavy (non-hydrogen) atoms. The van der Waals surface area contributed by atoms with Gasteiger partial charge < -0.3 is 4.74 Å². The quantitative estimate of drug-likeness (QED) is 0.355. The van der Waals surface area contributed by atoms with Crippen LogP contribution in [0.15, 0.2) is 47.8 Å². The number of rotatable bonds is 6. The van der Waals surface area contributed by atoms with E-state index in [1.54, 1.807) is 5.38 Å². The van der Waals surface area contributed by atoms with E-state index in [1.165, 1.54) is 31.2 Å². The Hall–Kier alpha value is -3.73. The van der Waals surface area contributed by atoms with Crippen molar-refractivity contribution in [1.82, 2.24) is 4.98 Å². The van der Waals surface area contributed by atoms with Crippen LogP contribution in [0.2, 0.25) is 0 Å². The van der Waals surface area contributed by atoms with E-state index in [-0.39, 0.29) is 16.4 Å². The Labute approximate surface area is 172 Å². The number of carbonyl (C=O) groups is 2. The predicted molar refractivity (Wildman–Crippen MR) is 104 cm³/mol. The van der Waals surface area contributed by atoms with E-state index in [0.717, 1.165) is 29.5 Å². The number of benzene rings is 2. The Morgan fingerprint density at radius 2 is 1.97 bits per heavy atom. The maximum Gasteiger partial charge on any atom is 0.339 e. The Morgan fingerprint density at radius 3 is 2.67 bits per heavy atom. The number of aromatic nitrogens is 1. The number of hydrogen-bond acceptors (Lipinski definition) is 7. The largest absolute Gasteiger partial charge is 0.449 e. The smallest absolute Gasteiger partial charge is 0.339 e. The molecule has 11 heteroatoms. The average molecular weight is 433 g/mol. The molecule has 1 amide bonds. The molecule has 0 aliphatic heterocycles. The molecule has 0 aliphatic rings. The fourth-order valence-corrected chi connectivity index (χ4v) is 3.08. The number of carbonyl (C=O) groups excluding carboxylic acids is 2. The summed E-state index contributed by atoms with van der Waals surface area (Å²) in [5, 5.41) is 15.0. The molecule has 2 aromatic carbocycles. The monoisotopic (exact) mass is 433 g/mol. The van der Waals surface area contributed by atoms with Crippen LogP contribution in [0.1, 0.15) is 17.3 Å². The van der Waals surface area contributed by atoms with Crippen LogP contribution in [0.25, 0.3) is 11.3 Å². The number of non-ortho nitro benzene ring substituents is 1. The van der Waals surface area contributed by atoms with Gasteiger partial charge in [0.15, 0.2) is 22.9 Å². The summed E-state index contributed by atoms with van der Waals surface area (Å²) in [4.78, 5) is 38.7. The highest BCUT2D eigenvalue weighted by molar-refractivity contribution is 7.14. The van der Waals surface area contributed by atoms with Gasteiger partial charge in [-0.15, -0.1) is 11.3 Å². The van der Waals surface area contributed by atoms with Gasteiger partial charge in [0.25, 0.3) is 11.6 Å². The SMILES string of the molecule is C[C@@H](OC(=O)c1cccc([N+](=O)[O-])c1)C(=O)Nc1nc(-c2ccc(F)c(F)c2)cs1. The van der Waals surface area contributed by atoms with Gasteiger partial charge in [-0.2, -0.15) is 0 Å². The van der Waals surface area contributed by atoms with Crippen molar-refractivity contribution >= 4 is 34.0 Å². The lowest BCUT2D eigenvalue weighted by Gasteiger charge is -2.12. The van der Waals surface area contributed by atoms with Crippen molar-refractivity contribution < 1.29 is 28.0 Å². The molecule has 154 valence electrons. The van der Waals surface area contributed by atoms with Gasteiger partial charge in [0.2, 0.25) is 0 Å². The molecule has 0 spiro atoms. The normalized spacial score (nSPS) is 11.6. The second kappa shape index (κ2) is 8.74. The van der Waals surface area contributed by atoms with E-state index in [0.29, 0.717) is 11.3 Å². The lowest BCUT2D eigenvalue weighted by Crippen LogP contribution is -2.30. The van der Waals surface area contributed by atoms with Gasteiger partial charge in [-0.3, -0.25) is 20.2 Å². The molecule has 0 radical (unpaired) electrons. The second-order valence-corrected chi connectivity index (χ2v) is 6.87. The van der Waals surface area contributed by atoms with Crippen LogP contribution in [0.5, 0.6) is 0 Å². The van der Waals surface area contributed by atoms with Gasteiger partial charge >= 0.3 is 5.97 Å². The molecule has 1 aromatic heterocycles. The minimum Gasteiger partial charge on any atom is -0.449 e. The lowest BCUT2D eigenvalue weighted by atomic mass is 10.2. The van der Waals surface area contributed by atoms with Crippen molar-refractivity contribution in [2.24, 2.45) is 0 Å². The Balaban J connectivity index is 1.64. The third kappa shape index (κ3) is 4.81. The van der Waals surface area contributed by atoms with Gasteiger partial charge in [-0.25, -0.2) is 18.6 Å². The minimum absolute atomic E-state index is 0.0706. The van der Waals surface area contributed by atoms with Crippen LogP contribution >= 0.6 is 11.3 Å². The standard InChI is InChI=1S/C19H13F2N3O5S/c1-10(29-18(26)12-3-2-4-13(7-12)24(27)28)17(25)23-19-22-16(9-30-19)11-5-6-14(20)15(21)8-11/h2-10H,1H3,(H,22,23,25)/t10-/m1/s1. The summed E-state index contributed by atoms with van der Waals surface area (Å²) < 4.78 is 31.4. The number of nitro groups is 1. The first-order valence-electron chi connectivity index (χ1n) is 8.42. The first kappa shape index (κ1) is 21.0. The molecule has 0 aliphatic carbocycles. The van der Waals surface area contributed by atoms with Crippen molar-refractivity contribution in [3.8, 4) is 11.3 Å². The molecule has 0 saturated carbocycles. The highest BCUT2D eigenvalue weighted by atomic mass is 32.1. The number of ether oxygens (including phenoxy) is 1. The van der Waals surface area contributed by atoms with Crippen LogP contribution in [0, 0.1) is 21.7 Å². The predicted octanol–water partition coefficient (Wildman–Crippen LogP) is 4.18. The highest BCUT2D eigenvalue weighted by Crippen LogP contribution is 2.26. The van der Waals surface area contributed by atoms with Crippen molar-refractivity contribution in [2.45, 2.75) is 13.0 Å². The molecule has 0 unspecified atom stereocenters. The number of nitrogens with zero attached hydrogens (tertiary/aromatic N) is 2. The number of nitrogens with one attached hydrogen (secondary N) is 1. The van der Waals surface area contributed by atoms with Gasteiger partial charge in [0.05, 0.1) is 16.2 Å². The summed E-state index contributed by atoms with van der Waals surface area (Å²) in [6.07, 6.45) is -1.22. The third-order valence-electron chi connectivity index (χ3n) is 3.90. The van der Waals surface area contributed by atoms with Crippen molar-refractivity contribution in [2.75, 3.05) is 5.32 Å². The van der Waals surface area contributed by atoms with E-state index < -0.39 is 34.5 Å². The number of esters is 1. The van der Waals surface area contributed by atoms with Crippen LogP contribution in [0.3, 0.4) is 0 Å². The maximum atomic E-state index is 13.4. The molecule has 3 rings (SSSR count). The van der Waals surface area contributed by atoms with Gasteiger partial charge in [-0.05, 0) is 31.2 Å². The Bertz CT molecular complexity index is 1130. The fourth-order valence-electron chi connectivity index (χ4n) is 2.35. The topological polar surface area (TPSA) is 111 Å². The van der Waals surface area contributed by atoms with E-state index in [1.807, 2.05) is 0 Å². The molecular weight excluding hydrogens is 420 g/mol. The molecule has 0 fully saturated rings. The summed E-state index contributed by atoms with van der Waals surface area (Å²) in [5.41, 5.74) is 0.305. The summed E-state index contributed by atoms with van der Waals surface area (Å²) in [6, 6.07) is 8.23. The van der Waals surface area contributed by atoms with Crippen LogP contribution < -0.4 is 5.32 Å². The van der Waals surface area contributed by atoms with Crippen molar-refractivity contribution in [3.63, 3.8) is 0 Å². The summed E-state index contributed by atoms with van der Waals surface area (Å²) in [5.74, 6) is -3.59. The first-order valence-corrected chi connectivity index (χ1v) is 9.30. The Morgan fingerprint density at radius 1 is 1.20 bits per heavy atom. The molecule has 0 bridgehead atoms. The van der Waals surface area contributed by atoms with E-state index >= 15 is 0 Å². The summed E-state index contributed by atoms with van der Waals surface area (Å²) in [7, 11) is 0. The first-order chi connectivity index (χ1) is 14.2. The Kier molecular flexibility index (Phi) is 6.11. The molecule has 1 atom stereocenters. The fraction of sp³-hybridized carbons (Fsp3) is 0.105. The van der Waals surface area contributed by atoms with Crippen LogP contribution in [-0.2, 0) is 9.53 Å². The molecule has 1 N–H and O–H groups in total. The average Bonchev–Trinajstić information content (AvgIpc) is 3.18. The van der Waals surface area contributed by atoms with Crippen molar-refractivity contribution in [3.05, 3.63) is 75.2 Å². The number of amides is 1. The molecule has 8 nitrogen and oxygen atoms in total. The van der Waals surface area contributed by atoms with E-state index in [2.05, 4.69) is 10.3 Å². The highest BCUT2D eigenvalue weighted by Gasteiger charge is 2.21. The number of halogens is 2. The molecule has 1 heterocycles. The van der Waals surface area contributed by atoms with E-state index in [9.17, 15) is 28.5 Å². The van der Waals surface area contributed by atoms with Crippen molar-refractivity contribution in [1.29, 1.82) is 0 Å². The number of thiazole rings is 1. The number of nitro benzene ring substituents is 1. The number of hydrogen-bond donors (Lipinski definition) is 1. The van der Waals surface area contributed by atoms with Gasteiger partial charge in [0, 0.05) is 23.1 Å². The minimum atomic E-state index is -1.22. The van der Waals surface area contributed by atoms with Gasteiger partial charge in [0.1, 0.15) is 0 Å². The number of anilines is 1. The summed E-state index contributed by atoms with van der Waals surface area (Å²) >= 11 is 1.05.